The van der Waals surface area contributed by atoms with Crippen molar-refractivity contribution >= 4 is 78.0 Å². The third-order valence-electron chi connectivity index (χ3n) is 19.5. The van der Waals surface area contributed by atoms with E-state index < -0.39 is 0 Å². The van der Waals surface area contributed by atoms with Crippen molar-refractivity contribution in [3.8, 4) is 22.3 Å². The molecule has 13 rings (SSSR count). The van der Waals surface area contributed by atoms with Gasteiger partial charge in [-0.25, -0.2) is 0 Å². The Morgan fingerprint density at radius 2 is 1.03 bits per heavy atom. The molecule has 2 aliphatic heterocycles. The second kappa shape index (κ2) is 16.1. The van der Waals surface area contributed by atoms with Crippen molar-refractivity contribution in [2.75, 3.05) is 9.80 Å². The Hall–Kier alpha value is -5.84. The molecule has 3 heterocycles. The molecule has 4 heteroatoms. The number of hydrogen-bond donors (Lipinski definition) is 0. The van der Waals surface area contributed by atoms with Crippen LogP contribution >= 0.6 is 11.3 Å². The molecule has 75 heavy (non-hydrogen) atoms. The number of benzene rings is 7. The summed E-state index contributed by atoms with van der Waals surface area (Å²) in [5, 5.41) is 1.41. The second-order valence-electron chi connectivity index (χ2n) is 28.3. The van der Waals surface area contributed by atoms with E-state index in [1.807, 2.05) is 0 Å². The lowest BCUT2D eigenvalue weighted by atomic mass is 9.35. The van der Waals surface area contributed by atoms with Crippen LogP contribution in [0.3, 0.4) is 0 Å². The highest BCUT2D eigenvalue weighted by Crippen LogP contribution is 2.63. The SMILES string of the molecule is CC1c2cc3c4c(sc3cc2C2(C)CCC12)B1c2cc3c(cc2N(c2ccc(C(C)(C)C)cc2-c2ccccc2)c2cc(C(C)(C)C)cc(c21)N4c1ccc(C(C)(C)C)cc1-c1ccccc1)C(C)(C)CCC3(C)C. The molecule has 380 valence electrons. The monoisotopic (exact) mass is 1000 g/mol. The van der Waals surface area contributed by atoms with Crippen LogP contribution in [-0.4, -0.2) is 6.71 Å². The van der Waals surface area contributed by atoms with Gasteiger partial charge in [0, 0.05) is 43.1 Å². The lowest BCUT2D eigenvalue weighted by molar-refractivity contribution is 0.142. The number of anilines is 6. The quantitative estimate of drug-likeness (QED) is 0.162. The molecule has 3 atom stereocenters. The van der Waals surface area contributed by atoms with E-state index in [0.717, 1.165) is 12.3 Å². The summed E-state index contributed by atoms with van der Waals surface area (Å²) in [5.41, 5.74) is 26.0. The fraction of sp³-hybridized carbons (Fsp3) is 0.380. The zero-order valence-electron chi connectivity index (χ0n) is 47.6. The van der Waals surface area contributed by atoms with Crippen LogP contribution < -0.4 is 25.5 Å². The standard InChI is InChI=1S/C71H77BN2S/c1-42-48-38-51-62(41-53(48)71(15)31-30-52(42)71)75-65-64(51)74(58-29-27-46(67(5,6)7)35-50(58)44-24-20-17-21-25-44)61-37-47(68(8,9)10)36-60-63(61)72(65)56-39-54-55(70(13,14)33-32-69(54,11)12)40-59(56)73(60)57-28-26-45(66(2,3)4)34-49(57)43-22-18-16-19-23-43/h16-29,34-42,52H,30-33H2,1-15H3. The Morgan fingerprint density at radius 1 is 0.507 bits per heavy atom. The van der Waals surface area contributed by atoms with Crippen LogP contribution in [-0.2, 0) is 32.5 Å². The number of rotatable bonds is 4. The van der Waals surface area contributed by atoms with Crippen LogP contribution in [0.2, 0.25) is 0 Å². The van der Waals surface area contributed by atoms with Crippen molar-refractivity contribution < 1.29 is 0 Å². The van der Waals surface area contributed by atoms with E-state index in [1.165, 1.54) is 129 Å². The van der Waals surface area contributed by atoms with Crippen LogP contribution in [0.25, 0.3) is 32.3 Å². The lowest BCUT2D eigenvalue weighted by Crippen LogP contribution is -2.61. The van der Waals surface area contributed by atoms with E-state index >= 15 is 0 Å². The molecule has 0 spiro atoms. The van der Waals surface area contributed by atoms with Crippen LogP contribution in [0.4, 0.5) is 34.1 Å². The topological polar surface area (TPSA) is 6.48 Å². The molecule has 0 saturated heterocycles. The third-order valence-corrected chi connectivity index (χ3v) is 20.8. The first kappa shape index (κ1) is 48.8. The fourth-order valence-electron chi connectivity index (χ4n) is 14.6. The van der Waals surface area contributed by atoms with Gasteiger partial charge in [-0.05, 0) is 186 Å². The maximum absolute atomic E-state index is 2.78. The molecule has 7 aromatic carbocycles. The molecular formula is C71H77BN2S. The first-order chi connectivity index (χ1) is 35.3. The summed E-state index contributed by atoms with van der Waals surface area (Å²) in [6.45, 7) is 36.5. The summed E-state index contributed by atoms with van der Waals surface area (Å²) in [6, 6.07) is 53.4. The average molecular weight is 1000 g/mol. The Labute approximate surface area is 453 Å². The zero-order chi connectivity index (χ0) is 52.7. The van der Waals surface area contributed by atoms with Gasteiger partial charge in [0.2, 0.25) is 0 Å². The molecule has 3 unspecified atom stereocenters. The molecule has 1 fully saturated rings. The Balaban J connectivity index is 1.21. The van der Waals surface area contributed by atoms with Gasteiger partial charge in [0.1, 0.15) is 0 Å². The Bertz CT molecular complexity index is 3670. The minimum absolute atomic E-state index is 0.0207. The molecule has 1 aromatic heterocycles. The molecule has 5 aliphatic rings. The maximum atomic E-state index is 2.78. The van der Waals surface area contributed by atoms with Gasteiger partial charge in [-0.2, -0.15) is 0 Å². The minimum atomic E-state index is -0.154. The van der Waals surface area contributed by atoms with Crippen molar-refractivity contribution in [2.24, 2.45) is 5.92 Å². The summed E-state index contributed by atoms with van der Waals surface area (Å²) in [6.07, 6.45) is 4.94. The van der Waals surface area contributed by atoms with Crippen molar-refractivity contribution in [3.05, 3.63) is 172 Å². The van der Waals surface area contributed by atoms with Gasteiger partial charge in [0.15, 0.2) is 0 Å². The Kier molecular flexibility index (Phi) is 10.5. The van der Waals surface area contributed by atoms with Gasteiger partial charge in [-0.3, -0.25) is 0 Å². The number of hydrogen-bond acceptors (Lipinski definition) is 3. The van der Waals surface area contributed by atoms with E-state index in [9.17, 15) is 0 Å². The summed E-state index contributed by atoms with van der Waals surface area (Å²) in [5.74, 6) is 1.26. The summed E-state index contributed by atoms with van der Waals surface area (Å²) in [7, 11) is 0. The molecule has 1 saturated carbocycles. The number of fused-ring (bicyclic) bond motifs is 10. The highest BCUT2D eigenvalue weighted by molar-refractivity contribution is 7.33. The number of thiophene rings is 1. The van der Waals surface area contributed by atoms with E-state index in [1.54, 1.807) is 11.1 Å². The van der Waals surface area contributed by atoms with Crippen LogP contribution in [0, 0.1) is 5.92 Å². The largest absolute Gasteiger partial charge is 0.311 e. The van der Waals surface area contributed by atoms with E-state index in [0.29, 0.717) is 5.92 Å². The first-order valence-corrected chi connectivity index (χ1v) is 29.2. The first-order valence-electron chi connectivity index (χ1n) is 28.3. The van der Waals surface area contributed by atoms with Crippen molar-refractivity contribution in [3.63, 3.8) is 0 Å². The predicted molar refractivity (Wildman–Crippen MR) is 327 cm³/mol. The van der Waals surface area contributed by atoms with E-state index in [-0.39, 0.29) is 39.2 Å². The smallest absolute Gasteiger partial charge is 0.264 e. The van der Waals surface area contributed by atoms with Crippen molar-refractivity contribution in [1.29, 1.82) is 0 Å². The highest BCUT2D eigenvalue weighted by atomic mass is 32.1. The molecule has 3 aliphatic carbocycles. The summed E-state index contributed by atoms with van der Waals surface area (Å²) >= 11 is 2.09. The molecule has 2 nitrogen and oxygen atoms in total. The van der Waals surface area contributed by atoms with Gasteiger partial charge in [0.25, 0.3) is 6.71 Å². The molecule has 0 bridgehead atoms. The molecule has 0 amide bonds. The second-order valence-corrected chi connectivity index (χ2v) is 29.4. The van der Waals surface area contributed by atoms with Gasteiger partial charge in [0.05, 0.1) is 17.1 Å². The minimum Gasteiger partial charge on any atom is -0.311 e. The normalized spacial score (nSPS) is 21.0. The van der Waals surface area contributed by atoms with Crippen LogP contribution in [0.1, 0.15) is 174 Å². The van der Waals surface area contributed by atoms with Crippen molar-refractivity contribution in [2.45, 2.75) is 168 Å². The molecular weight excluding hydrogens is 924 g/mol. The zero-order valence-corrected chi connectivity index (χ0v) is 48.4. The summed E-state index contributed by atoms with van der Waals surface area (Å²) in [4.78, 5) is 5.53. The van der Waals surface area contributed by atoms with E-state index in [4.69, 9.17) is 0 Å². The number of nitrogens with zero attached hydrogens (tertiary/aromatic N) is 2. The summed E-state index contributed by atoms with van der Waals surface area (Å²) < 4.78 is 2.89. The van der Waals surface area contributed by atoms with Gasteiger partial charge in [-0.15, -0.1) is 11.3 Å². The van der Waals surface area contributed by atoms with Gasteiger partial charge >= 0.3 is 0 Å². The van der Waals surface area contributed by atoms with Gasteiger partial charge < -0.3 is 9.80 Å². The fourth-order valence-corrected chi connectivity index (χ4v) is 15.9. The molecule has 0 radical (unpaired) electrons. The maximum Gasteiger partial charge on any atom is 0.264 e. The third kappa shape index (κ3) is 7.23. The van der Waals surface area contributed by atoms with Crippen LogP contribution in [0.15, 0.2) is 133 Å². The highest BCUT2D eigenvalue weighted by Gasteiger charge is 2.54. The predicted octanol–water partition coefficient (Wildman–Crippen LogP) is 18.3. The average Bonchev–Trinajstić information content (AvgIpc) is 3.86. The molecule has 8 aromatic rings. The van der Waals surface area contributed by atoms with Crippen LogP contribution in [0.5, 0.6) is 0 Å². The Morgan fingerprint density at radius 3 is 1.55 bits per heavy atom. The van der Waals surface area contributed by atoms with Crippen molar-refractivity contribution in [1.82, 2.24) is 0 Å². The van der Waals surface area contributed by atoms with E-state index in [2.05, 4.69) is 258 Å². The van der Waals surface area contributed by atoms with Gasteiger partial charge in [-0.1, -0.05) is 183 Å². The lowest BCUT2D eigenvalue weighted by Gasteiger charge is -2.47. The molecule has 0 N–H and O–H groups in total.